The van der Waals surface area contributed by atoms with Crippen LogP contribution < -0.4 is 10.4 Å². The number of hydrogen-bond donors (Lipinski definition) is 0. The summed E-state index contributed by atoms with van der Waals surface area (Å²) in [6.07, 6.45) is 0. The first-order valence-corrected chi connectivity index (χ1v) is 15.8. The van der Waals surface area contributed by atoms with Crippen LogP contribution in [0.4, 0.5) is 13.2 Å². The van der Waals surface area contributed by atoms with Crippen molar-refractivity contribution in [2.24, 2.45) is 0 Å². The van der Waals surface area contributed by atoms with Crippen LogP contribution in [0.3, 0.4) is 0 Å². The Labute approximate surface area is 295 Å². The third kappa shape index (κ3) is 5.76. The van der Waals surface area contributed by atoms with E-state index in [0.717, 1.165) is 11.1 Å². The molecule has 9 heteroatoms. The highest BCUT2D eigenvalue weighted by Gasteiger charge is 2.22. The second-order valence-electron chi connectivity index (χ2n) is 11.9. The van der Waals surface area contributed by atoms with Crippen LogP contribution in [0.1, 0.15) is 5.56 Å². The lowest BCUT2D eigenvalue weighted by molar-refractivity contribution is 0.627. The molecule has 0 radical (unpaired) electrons. The van der Waals surface area contributed by atoms with Crippen LogP contribution in [0.5, 0.6) is 0 Å². The molecule has 1 aromatic heterocycles. The van der Waals surface area contributed by atoms with Gasteiger partial charge in [0.25, 0.3) is 0 Å². The monoisotopic (exact) mass is 678 g/mol. The van der Waals surface area contributed by atoms with Gasteiger partial charge in [0.15, 0.2) is 0 Å². The van der Waals surface area contributed by atoms with E-state index in [1.54, 1.807) is 24.3 Å². The zero-order valence-corrected chi connectivity index (χ0v) is 27.2. The average molecular weight is 679 g/mol. The van der Waals surface area contributed by atoms with Crippen LogP contribution >= 0.6 is 0 Å². The predicted molar refractivity (Wildman–Crippen MR) is 192 cm³/mol. The van der Waals surface area contributed by atoms with Gasteiger partial charge in [-0.25, -0.2) is 23.1 Å². The lowest BCUT2D eigenvalue weighted by atomic mass is 9.88. The number of fused-ring (bicyclic) bond motifs is 2. The van der Waals surface area contributed by atoms with Crippen molar-refractivity contribution in [3.63, 3.8) is 0 Å². The van der Waals surface area contributed by atoms with E-state index >= 15 is 0 Å². The fourth-order valence-electron chi connectivity index (χ4n) is 6.29. The van der Waals surface area contributed by atoms with Gasteiger partial charge in [0.2, 0.25) is 0 Å². The minimum absolute atomic E-state index is 0.0296. The lowest BCUT2D eigenvalue weighted by Crippen LogP contribution is -2.22. The zero-order valence-electron chi connectivity index (χ0n) is 27.2. The molecule has 0 aliphatic carbocycles. The summed E-state index contributed by atoms with van der Waals surface area (Å²) in [5.41, 5.74) is 4.39. The molecular formula is C43H21F3N6. The maximum Gasteiger partial charge on any atom is 0.139 e. The molecular weight excluding hydrogens is 658 g/mol. The van der Waals surface area contributed by atoms with Gasteiger partial charge in [-0.2, -0.15) is 21.0 Å². The molecule has 0 N–H and O–H groups in total. The zero-order chi connectivity index (χ0) is 36.5. The highest BCUT2D eigenvalue weighted by atomic mass is 19.1. The molecule has 0 unspecified atom stereocenters. The number of benzene rings is 6. The van der Waals surface area contributed by atoms with Gasteiger partial charge in [0.05, 0.1) is 11.4 Å². The standard InChI is InChI=1S/C43H21F3N6/c1-24-2-4-25(5-3-24)34-18-36-37(19-35(34)26-6-12-31(44)13-7-26)39(30(22-49)23-50)43-42(38(36)29(20-47)21-48)51-40(27-8-14-32(45)15-9-27)41(52-43)28-10-16-33(46)17-11-28/h2-19H,1H3. The fourth-order valence-corrected chi connectivity index (χ4v) is 6.29. The Balaban J connectivity index is 1.79. The van der Waals surface area contributed by atoms with Crippen molar-refractivity contribution in [2.75, 3.05) is 0 Å². The largest absolute Gasteiger partial charge is 0.243 e. The van der Waals surface area contributed by atoms with Crippen LogP contribution in [-0.4, -0.2) is 9.97 Å². The van der Waals surface area contributed by atoms with Crippen molar-refractivity contribution < 1.29 is 13.2 Å². The van der Waals surface area contributed by atoms with E-state index in [9.17, 15) is 34.2 Å². The quantitative estimate of drug-likeness (QED) is 0.172. The Kier molecular flexibility index (Phi) is 8.47. The topological polar surface area (TPSA) is 121 Å². The molecule has 6 nitrogen and oxygen atoms in total. The van der Waals surface area contributed by atoms with E-state index in [-0.39, 0.29) is 44.0 Å². The molecule has 0 amide bonds. The number of rotatable bonds is 4. The maximum absolute atomic E-state index is 14.2. The van der Waals surface area contributed by atoms with E-state index in [1.165, 1.54) is 60.7 Å². The van der Waals surface area contributed by atoms with Gasteiger partial charge in [0, 0.05) is 21.6 Å². The number of hydrogen-bond acceptors (Lipinski definition) is 6. The van der Waals surface area contributed by atoms with Gasteiger partial charge < -0.3 is 0 Å². The second kappa shape index (κ2) is 13.4. The van der Waals surface area contributed by atoms with Crippen LogP contribution in [0.15, 0.2) is 109 Å². The summed E-state index contributed by atoms with van der Waals surface area (Å²) in [6.45, 7) is 1.95. The van der Waals surface area contributed by atoms with E-state index < -0.39 is 17.5 Å². The number of aromatic nitrogens is 2. The molecule has 0 aliphatic heterocycles. The average Bonchev–Trinajstić information content (AvgIpc) is 3.16. The van der Waals surface area contributed by atoms with Crippen molar-refractivity contribution in [3.8, 4) is 69.0 Å². The molecule has 6 aromatic carbocycles. The number of aryl methyl sites for hydroxylation is 1. The smallest absolute Gasteiger partial charge is 0.139 e. The molecule has 0 bridgehead atoms. The Bertz CT molecular complexity index is 2500. The van der Waals surface area contributed by atoms with Gasteiger partial charge >= 0.3 is 0 Å². The van der Waals surface area contributed by atoms with Crippen molar-refractivity contribution in [1.29, 1.82) is 21.0 Å². The molecule has 7 rings (SSSR count). The first-order valence-electron chi connectivity index (χ1n) is 15.8. The SMILES string of the molecule is Cc1ccc(-c2cc3c(=C(C#N)C#N)c4nc(-c5ccc(F)cc5)c(-c5ccc(F)cc5)nc4c(=C(C#N)C#N)c3cc2-c2ccc(F)cc2)cc1. The molecule has 7 aromatic rings. The third-order valence-corrected chi connectivity index (χ3v) is 8.77. The minimum atomic E-state index is -0.501. The number of halogens is 3. The second-order valence-corrected chi connectivity index (χ2v) is 11.9. The van der Waals surface area contributed by atoms with E-state index in [2.05, 4.69) is 0 Å². The lowest BCUT2D eigenvalue weighted by Gasteiger charge is -2.17. The summed E-state index contributed by atoms with van der Waals surface area (Å²) in [6, 6.07) is 35.9. The van der Waals surface area contributed by atoms with E-state index in [0.29, 0.717) is 38.6 Å². The molecule has 244 valence electrons. The molecule has 0 saturated heterocycles. The van der Waals surface area contributed by atoms with E-state index in [1.807, 2.05) is 55.5 Å². The van der Waals surface area contributed by atoms with Crippen LogP contribution in [0, 0.1) is 69.7 Å². The number of nitriles is 4. The Hall–Kier alpha value is -7.59. The first-order chi connectivity index (χ1) is 25.2. The molecule has 0 saturated carbocycles. The Morgan fingerprint density at radius 2 is 0.769 bits per heavy atom. The third-order valence-electron chi connectivity index (χ3n) is 8.77. The highest BCUT2D eigenvalue weighted by Crippen LogP contribution is 2.37. The van der Waals surface area contributed by atoms with Crippen LogP contribution in [0.2, 0.25) is 0 Å². The van der Waals surface area contributed by atoms with Gasteiger partial charge in [-0.1, -0.05) is 42.0 Å². The summed E-state index contributed by atoms with van der Waals surface area (Å²) in [5, 5.41) is 42.2. The van der Waals surface area contributed by atoms with Crippen molar-refractivity contribution >= 4 is 33.0 Å². The van der Waals surface area contributed by atoms with Gasteiger partial charge in [-0.3, -0.25) is 0 Å². The van der Waals surface area contributed by atoms with Crippen LogP contribution in [0.25, 0.3) is 77.7 Å². The van der Waals surface area contributed by atoms with Gasteiger partial charge in [-0.05, 0) is 113 Å². The van der Waals surface area contributed by atoms with Gasteiger partial charge in [0.1, 0.15) is 63.9 Å². The molecule has 0 atom stereocenters. The normalized spacial score (nSPS) is 10.6. The van der Waals surface area contributed by atoms with Gasteiger partial charge in [-0.15, -0.1) is 0 Å². The Morgan fingerprint density at radius 3 is 1.10 bits per heavy atom. The number of nitrogens with zero attached hydrogens (tertiary/aromatic N) is 6. The van der Waals surface area contributed by atoms with Crippen molar-refractivity contribution in [3.05, 3.63) is 143 Å². The first kappa shape index (κ1) is 32.9. The predicted octanol–water partition coefficient (Wildman–Crippen LogP) is 8.57. The minimum Gasteiger partial charge on any atom is -0.243 e. The molecule has 0 spiro atoms. The van der Waals surface area contributed by atoms with E-state index in [4.69, 9.17) is 9.97 Å². The molecule has 0 aliphatic rings. The molecule has 0 fully saturated rings. The summed E-state index contributed by atoms with van der Waals surface area (Å²) >= 11 is 0. The Morgan fingerprint density at radius 1 is 0.462 bits per heavy atom. The summed E-state index contributed by atoms with van der Waals surface area (Å²) in [7, 11) is 0. The molecule has 52 heavy (non-hydrogen) atoms. The van der Waals surface area contributed by atoms with Crippen LogP contribution in [-0.2, 0) is 0 Å². The highest BCUT2D eigenvalue weighted by molar-refractivity contribution is 6.08. The summed E-state index contributed by atoms with van der Waals surface area (Å²) in [5.74, 6) is -1.44. The van der Waals surface area contributed by atoms with Crippen molar-refractivity contribution in [2.45, 2.75) is 6.92 Å². The maximum atomic E-state index is 14.2. The summed E-state index contributed by atoms with van der Waals surface area (Å²) < 4.78 is 42.4. The van der Waals surface area contributed by atoms with Crippen molar-refractivity contribution in [1.82, 2.24) is 9.97 Å². The fraction of sp³-hybridized carbons (Fsp3) is 0.0233. The molecule has 1 heterocycles. The summed E-state index contributed by atoms with van der Waals surface area (Å²) in [4.78, 5) is 9.95.